The Morgan fingerprint density at radius 1 is 1.28 bits per heavy atom. The number of aromatic amines is 1. The van der Waals surface area contributed by atoms with E-state index in [0.29, 0.717) is 25.0 Å². The number of nitrogens with one attached hydrogen (secondary N) is 3. The van der Waals surface area contributed by atoms with Crippen molar-refractivity contribution in [1.82, 2.24) is 20.2 Å². The lowest BCUT2D eigenvalue weighted by atomic mass is 10.0. The lowest BCUT2D eigenvalue weighted by Crippen LogP contribution is -2.14. The summed E-state index contributed by atoms with van der Waals surface area (Å²) < 4.78 is 5.48. The SMILES string of the molecule is Cc1n[nH]c(C)c1CCNc1cc([C@@H]2CCOC2)nc(NCCO)n1. The van der Waals surface area contributed by atoms with E-state index in [1.165, 1.54) is 5.56 Å². The molecule has 8 heteroatoms. The first-order chi connectivity index (χ1) is 12.2. The molecule has 0 amide bonds. The minimum Gasteiger partial charge on any atom is -0.395 e. The fourth-order valence-corrected chi connectivity index (χ4v) is 3.04. The molecular formula is C17H26N6O2. The van der Waals surface area contributed by atoms with Gasteiger partial charge in [0.05, 0.1) is 24.6 Å². The molecule has 136 valence electrons. The van der Waals surface area contributed by atoms with Gasteiger partial charge in [-0.3, -0.25) is 5.10 Å². The molecule has 1 aliphatic rings. The predicted molar refractivity (Wildman–Crippen MR) is 96.0 cm³/mol. The number of aromatic nitrogens is 4. The van der Waals surface area contributed by atoms with Crippen molar-refractivity contribution in [2.45, 2.75) is 32.6 Å². The molecule has 0 radical (unpaired) electrons. The van der Waals surface area contributed by atoms with Gasteiger partial charge in [0.1, 0.15) is 5.82 Å². The van der Waals surface area contributed by atoms with Gasteiger partial charge >= 0.3 is 0 Å². The van der Waals surface area contributed by atoms with Gasteiger partial charge in [0.2, 0.25) is 5.95 Å². The van der Waals surface area contributed by atoms with E-state index in [0.717, 1.165) is 48.9 Å². The van der Waals surface area contributed by atoms with Gasteiger partial charge < -0.3 is 20.5 Å². The van der Waals surface area contributed by atoms with Crippen LogP contribution in [-0.4, -0.2) is 58.2 Å². The summed E-state index contributed by atoms with van der Waals surface area (Å²) in [6.07, 6.45) is 1.85. The van der Waals surface area contributed by atoms with Crippen LogP contribution < -0.4 is 10.6 Å². The summed E-state index contributed by atoms with van der Waals surface area (Å²) in [4.78, 5) is 9.07. The first-order valence-electron chi connectivity index (χ1n) is 8.73. The second-order valence-corrected chi connectivity index (χ2v) is 6.30. The fourth-order valence-electron chi connectivity index (χ4n) is 3.04. The normalized spacial score (nSPS) is 17.0. The molecule has 0 bridgehead atoms. The first kappa shape index (κ1) is 17.6. The van der Waals surface area contributed by atoms with Crippen LogP contribution in [0.4, 0.5) is 11.8 Å². The van der Waals surface area contributed by atoms with Gasteiger partial charge in [0, 0.05) is 37.4 Å². The predicted octanol–water partition coefficient (Wildman–Crippen LogP) is 1.38. The number of aliphatic hydroxyl groups is 1. The van der Waals surface area contributed by atoms with E-state index >= 15 is 0 Å². The van der Waals surface area contributed by atoms with E-state index in [1.807, 2.05) is 19.9 Å². The van der Waals surface area contributed by atoms with Crippen molar-refractivity contribution in [3.63, 3.8) is 0 Å². The van der Waals surface area contributed by atoms with Crippen LogP contribution in [0.25, 0.3) is 0 Å². The number of aliphatic hydroxyl groups excluding tert-OH is 1. The minimum absolute atomic E-state index is 0.0436. The fraction of sp³-hybridized carbons (Fsp3) is 0.588. The molecule has 1 atom stereocenters. The topological polar surface area (TPSA) is 108 Å². The van der Waals surface area contributed by atoms with Crippen LogP contribution in [-0.2, 0) is 11.2 Å². The Balaban J connectivity index is 1.69. The molecule has 1 aliphatic heterocycles. The number of ether oxygens (including phenoxy) is 1. The van der Waals surface area contributed by atoms with Crippen molar-refractivity contribution in [2.24, 2.45) is 0 Å². The third kappa shape index (κ3) is 4.46. The second-order valence-electron chi connectivity index (χ2n) is 6.30. The van der Waals surface area contributed by atoms with Crippen molar-refractivity contribution in [2.75, 3.05) is 43.5 Å². The van der Waals surface area contributed by atoms with Gasteiger partial charge in [-0.25, -0.2) is 4.98 Å². The molecule has 0 spiro atoms. The van der Waals surface area contributed by atoms with E-state index < -0.39 is 0 Å². The van der Waals surface area contributed by atoms with Crippen molar-refractivity contribution >= 4 is 11.8 Å². The zero-order valence-electron chi connectivity index (χ0n) is 14.8. The quantitative estimate of drug-likeness (QED) is 0.572. The van der Waals surface area contributed by atoms with Crippen LogP contribution >= 0.6 is 0 Å². The molecule has 2 aromatic rings. The molecule has 0 unspecified atom stereocenters. The van der Waals surface area contributed by atoms with E-state index in [1.54, 1.807) is 0 Å². The Kier molecular flexibility index (Phi) is 5.83. The molecular weight excluding hydrogens is 320 g/mol. The lowest BCUT2D eigenvalue weighted by molar-refractivity contribution is 0.193. The molecule has 4 N–H and O–H groups in total. The van der Waals surface area contributed by atoms with Crippen molar-refractivity contribution in [1.29, 1.82) is 0 Å². The van der Waals surface area contributed by atoms with Crippen LogP contribution in [0.3, 0.4) is 0 Å². The smallest absolute Gasteiger partial charge is 0.224 e. The molecule has 0 aliphatic carbocycles. The maximum absolute atomic E-state index is 9.01. The van der Waals surface area contributed by atoms with Gasteiger partial charge in [-0.2, -0.15) is 10.1 Å². The summed E-state index contributed by atoms with van der Waals surface area (Å²) in [6, 6.07) is 2.00. The molecule has 3 heterocycles. The van der Waals surface area contributed by atoms with Crippen LogP contribution in [0.15, 0.2) is 6.07 Å². The molecule has 25 heavy (non-hydrogen) atoms. The molecule has 1 saturated heterocycles. The zero-order chi connectivity index (χ0) is 17.6. The molecule has 0 saturated carbocycles. The van der Waals surface area contributed by atoms with E-state index in [2.05, 4.69) is 30.8 Å². The highest BCUT2D eigenvalue weighted by Gasteiger charge is 2.20. The number of anilines is 2. The van der Waals surface area contributed by atoms with E-state index in [4.69, 9.17) is 9.84 Å². The van der Waals surface area contributed by atoms with Gasteiger partial charge in [-0.1, -0.05) is 0 Å². The average molecular weight is 346 g/mol. The van der Waals surface area contributed by atoms with Gasteiger partial charge in [0.15, 0.2) is 0 Å². The highest BCUT2D eigenvalue weighted by atomic mass is 16.5. The molecule has 3 rings (SSSR count). The largest absolute Gasteiger partial charge is 0.395 e. The minimum atomic E-state index is 0.0436. The van der Waals surface area contributed by atoms with Crippen LogP contribution in [0.1, 0.15) is 35.0 Å². The van der Waals surface area contributed by atoms with Gasteiger partial charge in [0.25, 0.3) is 0 Å². The Bertz CT molecular complexity index is 677. The number of hydrogen-bond donors (Lipinski definition) is 4. The highest BCUT2D eigenvalue weighted by molar-refractivity contribution is 5.43. The lowest BCUT2D eigenvalue weighted by Gasteiger charge is -2.13. The van der Waals surface area contributed by atoms with Gasteiger partial charge in [-0.05, 0) is 32.3 Å². The number of hydrogen-bond acceptors (Lipinski definition) is 7. The first-order valence-corrected chi connectivity index (χ1v) is 8.73. The monoisotopic (exact) mass is 346 g/mol. The summed E-state index contributed by atoms with van der Waals surface area (Å²) in [5.74, 6) is 1.63. The maximum Gasteiger partial charge on any atom is 0.224 e. The number of nitrogens with zero attached hydrogens (tertiary/aromatic N) is 3. The third-order valence-corrected chi connectivity index (χ3v) is 4.45. The van der Waals surface area contributed by atoms with Crippen molar-refractivity contribution in [3.05, 3.63) is 28.7 Å². The molecule has 0 aromatic carbocycles. The number of H-pyrrole nitrogens is 1. The Morgan fingerprint density at radius 2 is 2.16 bits per heavy atom. The zero-order valence-corrected chi connectivity index (χ0v) is 14.8. The standard InChI is InChI=1S/C17H26N6O2/c1-11-14(12(2)23-22-11)3-5-18-16-9-15(13-4-8-25-10-13)20-17(21-16)19-6-7-24/h9,13,24H,3-8,10H2,1-2H3,(H,22,23)(H2,18,19,20,21)/t13-/m1/s1. The summed E-state index contributed by atoms with van der Waals surface area (Å²) >= 11 is 0. The van der Waals surface area contributed by atoms with Crippen LogP contribution in [0.5, 0.6) is 0 Å². The van der Waals surface area contributed by atoms with E-state index in [-0.39, 0.29) is 6.61 Å². The van der Waals surface area contributed by atoms with Crippen LogP contribution in [0, 0.1) is 13.8 Å². The number of rotatable bonds is 8. The Morgan fingerprint density at radius 3 is 2.84 bits per heavy atom. The summed E-state index contributed by atoms with van der Waals surface area (Å²) in [5.41, 5.74) is 4.36. The van der Waals surface area contributed by atoms with Crippen molar-refractivity contribution < 1.29 is 9.84 Å². The third-order valence-electron chi connectivity index (χ3n) is 4.45. The van der Waals surface area contributed by atoms with Crippen LogP contribution in [0.2, 0.25) is 0 Å². The molecule has 2 aromatic heterocycles. The number of aryl methyl sites for hydroxylation is 2. The van der Waals surface area contributed by atoms with Crippen molar-refractivity contribution in [3.8, 4) is 0 Å². The van der Waals surface area contributed by atoms with E-state index in [9.17, 15) is 0 Å². The summed E-state index contributed by atoms with van der Waals surface area (Å²) in [5, 5.41) is 22.7. The van der Waals surface area contributed by atoms with Gasteiger partial charge in [-0.15, -0.1) is 0 Å². The molecule has 8 nitrogen and oxygen atoms in total. The Hall–Kier alpha value is -2.19. The summed E-state index contributed by atoms with van der Waals surface area (Å²) in [7, 11) is 0. The second kappa shape index (κ2) is 8.26. The highest BCUT2D eigenvalue weighted by Crippen LogP contribution is 2.26. The summed E-state index contributed by atoms with van der Waals surface area (Å²) in [6.45, 7) is 6.75. The maximum atomic E-state index is 9.01. The molecule has 1 fully saturated rings. The average Bonchev–Trinajstić information content (AvgIpc) is 3.25. The Labute approximate surface area is 147 Å².